The number of hydrogen-bond acceptors (Lipinski definition) is 2. The SMILES string of the molecule is CC(C[S+]([O-])c1ccccc1)C(=O)O. The van der Waals surface area contributed by atoms with Gasteiger partial charge < -0.3 is 9.66 Å². The second-order valence-electron chi connectivity index (χ2n) is 3.06. The Hall–Kier alpha value is -1.00. The molecule has 14 heavy (non-hydrogen) atoms. The van der Waals surface area contributed by atoms with Gasteiger partial charge in [0, 0.05) is 0 Å². The van der Waals surface area contributed by atoms with Crippen LogP contribution in [0.2, 0.25) is 0 Å². The molecule has 0 aliphatic carbocycles. The zero-order valence-electron chi connectivity index (χ0n) is 7.84. The molecule has 0 radical (unpaired) electrons. The van der Waals surface area contributed by atoms with Crippen LogP contribution in [0, 0.1) is 5.92 Å². The van der Waals surface area contributed by atoms with Gasteiger partial charge in [0.25, 0.3) is 0 Å². The summed E-state index contributed by atoms with van der Waals surface area (Å²) in [5.41, 5.74) is 0. The highest BCUT2D eigenvalue weighted by Crippen LogP contribution is 2.13. The number of carboxylic acid groups (broad SMARTS) is 1. The van der Waals surface area contributed by atoms with Gasteiger partial charge in [-0.2, -0.15) is 0 Å². The lowest BCUT2D eigenvalue weighted by Gasteiger charge is -2.12. The maximum atomic E-state index is 11.6. The Labute approximate surface area is 85.9 Å². The van der Waals surface area contributed by atoms with E-state index in [1.807, 2.05) is 6.07 Å². The number of aliphatic carboxylic acids is 1. The number of hydrogen-bond donors (Lipinski definition) is 1. The molecule has 3 nitrogen and oxygen atoms in total. The fourth-order valence-electron chi connectivity index (χ4n) is 0.967. The first kappa shape index (κ1) is 11.1. The molecule has 76 valence electrons. The number of rotatable bonds is 4. The molecular weight excluding hydrogens is 200 g/mol. The van der Waals surface area contributed by atoms with E-state index in [1.54, 1.807) is 31.2 Å². The van der Waals surface area contributed by atoms with Crippen molar-refractivity contribution in [3.8, 4) is 0 Å². The summed E-state index contributed by atoms with van der Waals surface area (Å²) in [6.07, 6.45) is 0. The molecule has 0 amide bonds. The van der Waals surface area contributed by atoms with Crippen molar-refractivity contribution in [1.29, 1.82) is 0 Å². The van der Waals surface area contributed by atoms with Crippen molar-refractivity contribution in [3.63, 3.8) is 0 Å². The van der Waals surface area contributed by atoms with Crippen LogP contribution in [0.15, 0.2) is 35.2 Å². The Morgan fingerprint density at radius 1 is 1.50 bits per heavy atom. The van der Waals surface area contributed by atoms with Crippen LogP contribution in [0.25, 0.3) is 0 Å². The van der Waals surface area contributed by atoms with Gasteiger partial charge in [-0.05, 0) is 30.2 Å². The lowest BCUT2D eigenvalue weighted by atomic mass is 10.2. The minimum Gasteiger partial charge on any atom is -0.611 e. The standard InChI is InChI=1S/C10H12O3S/c1-8(10(11)12)7-14(13)9-5-3-2-4-6-9/h2-6,8H,7H2,1H3,(H,11,12). The van der Waals surface area contributed by atoms with Gasteiger partial charge in [-0.3, -0.25) is 4.79 Å². The summed E-state index contributed by atoms with van der Waals surface area (Å²) in [5.74, 6) is -1.32. The van der Waals surface area contributed by atoms with E-state index in [2.05, 4.69) is 0 Å². The molecule has 1 aromatic rings. The summed E-state index contributed by atoms with van der Waals surface area (Å²) in [5, 5.41) is 8.64. The van der Waals surface area contributed by atoms with Gasteiger partial charge in [-0.1, -0.05) is 18.2 Å². The van der Waals surface area contributed by atoms with Gasteiger partial charge >= 0.3 is 5.97 Å². The van der Waals surface area contributed by atoms with Gasteiger partial charge in [-0.15, -0.1) is 0 Å². The molecule has 0 aliphatic rings. The highest BCUT2D eigenvalue weighted by Gasteiger charge is 2.20. The zero-order valence-corrected chi connectivity index (χ0v) is 8.66. The summed E-state index contributed by atoms with van der Waals surface area (Å²) in [6, 6.07) is 8.90. The molecule has 0 bridgehead atoms. The summed E-state index contributed by atoms with van der Waals surface area (Å²) in [6.45, 7) is 1.56. The maximum Gasteiger partial charge on any atom is 0.311 e. The van der Waals surface area contributed by atoms with Crippen molar-refractivity contribution < 1.29 is 14.5 Å². The summed E-state index contributed by atoms with van der Waals surface area (Å²) < 4.78 is 11.6. The van der Waals surface area contributed by atoms with E-state index in [0.717, 1.165) is 0 Å². The summed E-state index contributed by atoms with van der Waals surface area (Å²) >= 11 is -1.21. The van der Waals surface area contributed by atoms with Crippen molar-refractivity contribution in [2.75, 3.05) is 5.75 Å². The van der Waals surface area contributed by atoms with E-state index in [0.29, 0.717) is 4.90 Å². The van der Waals surface area contributed by atoms with Crippen LogP contribution in [-0.4, -0.2) is 21.4 Å². The summed E-state index contributed by atoms with van der Waals surface area (Å²) in [4.78, 5) is 11.2. The first-order valence-corrected chi connectivity index (χ1v) is 5.59. The van der Waals surface area contributed by atoms with Crippen LogP contribution >= 0.6 is 0 Å². The first-order valence-electron chi connectivity index (χ1n) is 4.27. The third-order valence-electron chi connectivity index (χ3n) is 1.83. The van der Waals surface area contributed by atoms with Gasteiger partial charge in [0.05, 0.1) is 5.92 Å². The number of carboxylic acids is 1. The Morgan fingerprint density at radius 2 is 2.07 bits per heavy atom. The predicted molar refractivity (Wildman–Crippen MR) is 54.5 cm³/mol. The normalized spacial score (nSPS) is 14.7. The second kappa shape index (κ2) is 5.02. The lowest BCUT2D eigenvalue weighted by molar-refractivity contribution is -0.140. The molecule has 2 atom stereocenters. The highest BCUT2D eigenvalue weighted by molar-refractivity contribution is 7.91. The zero-order chi connectivity index (χ0) is 10.6. The first-order chi connectivity index (χ1) is 6.61. The Balaban J connectivity index is 2.59. The maximum absolute atomic E-state index is 11.6. The van der Waals surface area contributed by atoms with Gasteiger partial charge in [0.2, 0.25) is 0 Å². The molecule has 0 fully saturated rings. The average molecular weight is 212 g/mol. The monoisotopic (exact) mass is 212 g/mol. The van der Waals surface area contributed by atoms with E-state index >= 15 is 0 Å². The number of carbonyl (C=O) groups is 1. The third kappa shape index (κ3) is 3.05. The van der Waals surface area contributed by atoms with Crippen LogP contribution in [0.4, 0.5) is 0 Å². The Bertz CT molecular complexity index is 299. The molecule has 2 unspecified atom stereocenters. The second-order valence-corrected chi connectivity index (χ2v) is 4.56. The van der Waals surface area contributed by atoms with Crippen molar-refractivity contribution >= 4 is 17.1 Å². The average Bonchev–Trinajstić information content (AvgIpc) is 2.19. The van der Waals surface area contributed by atoms with Crippen molar-refractivity contribution in [3.05, 3.63) is 30.3 Å². The molecule has 1 rings (SSSR count). The fraction of sp³-hybridized carbons (Fsp3) is 0.300. The Morgan fingerprint density at radius 3 is 2.57 bits per heavy atom. The molecule has 0 saturated carbocycles. The largest absolute Gasteiger partial charge is 0.611 e. The fourth-order valence-corrected chi connectivity index (χ4v) is 2.22. The van der Waals surface area contributed by atoms with Gasteiger partial charge in [0.1, 0.15) is 5.75 Å². The van der Waals surface area contributed by atoms with Crippen LogP contribution in [0.3, 0.4) is 0 Å². The molecule has 1 aromatic carbocycles. The van der Waals surface area contributed by atoms with Gasteiger partial charge in [-0.25, -0.2) is 0 Å². The van der Waals surface area contributed by atoms with Crippen LogP contribution in [0.5, 0.6) is 0 Å². The van der Waals surface area contributed by atoms with E-state index in [1.165, 1.54) is 0 Å². The lowest BCUT2D eigenvalue weighted by Crippen LogP contribution is -2.21. The third-order valence-corrected chi connectivity index (χ3v) is 3.43. The number of benzene rings is 1. The van der Waals surface area contributed by atoms with E-state index < -0.39 is 23.1 Å². The quantitative estimate of drug-likeness (QED) is 0.770. The van der Waals surface area contributed by atoms with E-state index in [-0.39, 0.29) is 5.75 Å². The minimum atomic E-state index is -1.21. The minimum absolute atomic E-state index is 0.166. The van der Waals surface area contributed by atoms with Crippen molar-refractivity contribution in [1.82, 2.24) is 0 Å². The van der Waals surface area contributed by atoms with Gasteiger partial charge in [0.15, 0.2) is 4.90 Å². The highest BCUT2D eigenvalue weighted by atomic mass is 32.2. The van der Waals surface area contributed by atoms with E-state index in [4.69, 9.17) is 5.11 Å². The Kier molecular flexibility index (Phi) is 3.98. The molecule has 0 heterocycles. The smallest absolute Gasteiger partial charge is 0.311 e. The molecular formula is C10H12O3S. The van der Waals surface area contributed by atoms with Crippen molar-refractivity contribution in [2.24, 2.45) is 5.92 Å². The predicted octanol–water partition coefficient (Wildman–Crippen LogP) is 1.51. The molecule has 1 N–H and O–H groups in total. The van der Waals surface area contributed by atoms with Crippen LogP contribution < -0.4 is 0 Å². The topological polar surface area (TPSA) is 60.4 Å². The molecule has 0 spiro atoms. The molecule has 0 aliphatic heterocycles. The molecule has 4 heteroatoms. The van der Waals surface area contributed by atoms with Crippen molar-refractivity contribution in [2.45, 2.75) is 11.8 Å². The van der Waals surface area contributed by atoms with Crippen LogP contribution in [-0.2, 0) is 16.0 Å². The summed E-state index contributed by atoms with van der Waals surface area (Å²) in [7, 11) is 0. The van der Waals surface area contributed by atoms with Crippen LogP contribution in [0.1, 0.15) is 6.92 Å². The molecule has 0 aromatic heterocycles. The van der Waals surface area contributed by atoms with E-state index in [9.17, 15) is 9.35 Å². The molecule has 0 saturated heterocycles.